The maximum atomic E-state index is 12.5. The summed E-state index contributed by atoms with van der Waals surface area (Å²) in [5, 5.41) is 2.54. The standard InChI is InChI=1S/C17H19BrN2O5S2/c1-3-20(4-2)27(23,24)13-7-5-6-12(10-13)19-16(21)11-25-17(22)14-8-9-15(18)26-14/h5-10H,3-4,11H2,1-2H3,(H,19,21). The number of halogens is 1. The summed E-state index contributed by atoms with van der Waals surface area (Å²) in [7, 11) is -3.63. The van der Waals surface area contributed by atoms with Crippen LogP contribution >= 0.6 is 27.3 Å². The molecule has 0 unspecified atom stereocenters. The Hall–Kier alpha value is -1.75. The van der Waals surface area contributed by atoms with E-state index >= 15 is 0 Å². The van der Waals surface area contributed by atoms with E-state index in [1.54, 1.807) is 38.1 Å². The van der Waals surface area contributed by atoms with Crippen LogP contribution in [-0.2, 0) is 19.6 Å². The molecule has 1 amide bonds. The topological polar surface area (TPSA) is 92.8 Å². The molecule has 146 valence electrons. The summed E-state index contributed by atoms with van der Waals surface area (Å²) in [5.74, 6) is -1.16. The number of sulfonamides is 1. The molecule has 0 spiro atoms. The Kier molecular flexibility index (Phi) is 7.54. The highest BCUT2D eigenvalue weighted by Gasteiger charge is 2.22. The van der Waals surface area contributed by atoms with Gasteiger partial charge in [0.05, 0.1) is 8.68 Å². The van der Waals surface area contributed by atoms with Crippen molar-refractivity contribution in [1.29, 1.82) is 0 Å². The first-order valence-corrected chi connectivity index (χ1v) is 11.2. The van der Waals surface area contributed by atoms with Crippen molar-refractivity contribution >= 4 is 54.9 Å². The second-order valence-corrected chi connectivity index (χ2v) is 9.75. The average molecular weight is 475 g/mol. The fraction of sp³-hybridized carbons (Fsp3) is 0.294. The van der Waals surface area contributed by atoms with E-state index in [0.29, 0.717) is 23.7 Å². The number of hydrogen-bond donors (Lipinski definition) is 1. The van der Waals surface area contributed by atoms with Gasteiger partial charge >= 0.3 is 5.97 Å². The lowest BCUT2D eigenvalue weighted by Crippen LogP contribution is -2.30. The van der Waals surface area contributed by atoms with E-state index in [9.17, 15) is 18.0 Å². The second-order valence-electron chi connectivity index (χ2n) is 5.35. The Balaban J connectivity index is 2.01. The van der Waals surface area contributed by atoms with E-state index in [-0.39, 0.29) is 4.90 Å². The van der Waals surface area contributed by atoms with Gasteiger partial charge in [0.15, 0.2) is 6.61 Å². The Labute approximate surface area is 170 Å². The summed E-state index contributed by atoms with van der Waals surface area (Å²) >= 11 is 4.45. The van der Waals surface area contributed by atoms with Crippen LogP contribution in [0.25, 0.3) is 0 Å². The molecule has 0 radical (unpaired) electrons. The van der Waals surface area contributed by atoms with Crippen molar-refractivity contribution in [3.8, 4) is 0 Å². The molecule has 1 heterocycles. The van der Waals surface area contributed by atoms with E-state index in [0.717, 1.165) is 3.79 Å². The summed E-state index contributed by atoms with van der Waals surface area (Å²) in [6.07, 6.45) is 0. The first kappa shape index (κ1) is 21.5. The Morgan fingerprint density at radius 1 is 1.19 bits per heavy atom. The van der Waals surface area contributed by atoms with Crippen molar-refractivity contribution in [1.82, 2.24) is 4.31 Å². The highest BCUT2D eigenvalue weighted by atomic mass is 79.9. The maximum absolute atomic E-state index is 12.5. The lowest BCUT2D eigenvalue weighted by Gasteiger charge is -2.18. The molecule has 0 atom stereocenters. The molecule has 0 aliphatic rings. The maximum Gasteiger partial charge on any atom is 0.348 e. The SMILES string of the molecule is CCN(CC)S(=O)(=O)c1cccc(NC(=O)COC(=O)c2ccc(Br)s2)c1. The second kappa shape index (κ2) is 9.45. The molecule has 0 saturated heterocycles. The molecule has 7 nitrogen and oxygen atoms in total. The number of nitrogens with one attached hydrogen (secondary N) is 1. The van der Waals surface area contributed by atoms with Crippen LogP contribution in [0.1, 0.15) is 23.5 Å². The van der Waals surface area contributed by atoms with Gasteiger partial charge in [0.25, 0.3) is 5.91 Å². The molecule has 10 heteroatoms. The van der Waals surface area contributed by atoms with Gasteiger partial charge < -0.3 is 10.1 Å². The molecule has 1 aromatic carbocycles. The van der Waals surface area contributed by atoms with E-state index in [1.807, 2.05) is 0 Å². The minimum absolute atomic E-state index is 0.0874. The van der Waals surface area contributed by atoms with Gasteiger partial charge in [-0.25, -0.2) is 13.2 Å². The molecule has 27 heavy (non-hydrogen) atoms. The Morgan fingerprint density at radius 2 is 1.89 bits per heavy atom. The van der Waals surface area contributed by atoms with Crippen LogP contribution in [0.2, 0.25) is 0 Å². The molecule has 0 aliphatic heterocycles. The van der Waals surface area contributed by atoms with Gasteiger partial charge in [-0.05, 0) is 46.3 Å². The van der Waals surface area contributed by atoms with Crippen molar-refractivity contribution in [2.75, 3.05) is 25.0 Å². The fourth-order valence-corrected chi connectivity index (χ4v) is 5.05. The van der Waals surface area contributed by atoms with Gasteiger partial charge in [-0.1, -0.05) is 19.9 Å². The highest BCUT2D eigenvalue weighted by Crippen LogP contribution is 2.23. The highest BCUT2D eigenvalue weighted by molar-refractivity contribution is 9.11. The van der Waals surface area contributed by atoms with Crippen LogP contribution in [0, 0.1) is 0 Å². The number of thiophene rings is 1. The smallest absolute Gasteiger partial charge is 0.348 e. The van der Waals surface area contributed by atoms with Gasteiger partial charge in [0, 0.05) is 18.8 Å². The van der Waals surface area contributed by atoms with Crippen molar-refractivity contribution in [2.24, 2.45) is 0 Å². The molecular formula is C17H19BrN2O5S2. The number of carbonyl (C=O) groups excluding carboxylic acids is 2. The van der Waals surface area contributed by atoms with Crippen LogP contribution in [-0.4, -0.2) is 44.3 Å². The van der Waals surface area contributed by atoms with Crippen molar-refractivity contribution in [3.05, 3.63) is 45.1 Å². The van der Waals surface area contributed by atoms with Crippen LogP contribution in [0.3, 0.4) is 0 Å². The Morgan fingerprint density at radius 3 is 2.48 bits per heavy atom. The molecule has 0 aliphatic carbocycles. The van der Waals surface area contributed by atoms with Crippen LogP contribution < -0.4 is 5.32 Å². The number of hydrogen-bond acceptors (Lipinski definition) is 6. The molecule has 0 fully saturated rings. The molecule has 2 rings (SSSR count). The Bertz CT molecular complexity index is 923. The number of anilines is 1. The van der Waals surface area contributed by atoms with Crippen LogP contribution in [0.5, 0.6) is 0 Å². The predicted molar refractivity (Wildman–Crippen MR) is 107 cm³/mol. The first-order valence-electron chi connectivity index (χ1n) is 8.10. The zero-order chi connectivity index (χ0) is 20.0. The van der Waals surface area contributed by atoms with Crippen molar-refractivity contribution < 1.29 is 22.7 Å². The molecular weight excluding hydrogens is 456 g/mol. The van der Waals surface area contributed by atoms with E-state index in [2.05, 4.69) is 21.2 Å². The minimum atomic E-state index is -3.63. The predicted octanol–water partition coefficient (Wildman–Crippen LogP) is 3.34. The first-order chi connectivity index (χ1) is 12.8. The number of amides is 1. The average Bonchev–Trinajstić information content (AvgIpc) is 3.07. The third-order valence-electron chi connectivity index (χ3n) is 3.57. The van der Waals surface area contributed by atoms with Gasteiger partial charge in [-0.3, -0.25) is 4.79 Å². The number of nitrogens with zero attached hydrogens (tertiary/aromatic N) is 1. The number of benzene rings is 1. The molecule has 0 bridgehead atoms. The summed E-state index contributed by atoms with van der Waals surface area (Å²) < 4.78 is 32.2. The summed E-state index contributed by atoms with van der Waals surface area (Å²) in [5.41, 5.74) is 0.308. The van der Waals surface area contributed by atoms with Crippen LogP contribution in [0.4, 0.5) is 5.69 Å². The molecule has 0 saturated carbocycles. The molecule has 1 N–H and O–H groups in total. The molecule has 2 aromatic rings. The lowest BCUT2D eigenvalue weighted by molar-refractivity contribution is -0.119. The van der Waals surface area contributed by atoms with Crippen molar-refractivity contribution in [2.45, 2.75) is 18.7 Å². The van der Waals surface area contributed by atoms with Gasteiger partial charge in [0.2, 0.25) is 10.0 Å². The van der Waals surface area contributed by atoms with Crippen molar-refractivity contribution in [3.63, 3.8) is 0 Å². The number of rotatable bonds is 8. The largest absolute Gasteiger partial charge is 0.451 e. The lowest BCUT2D eigenvalue weighted by atomic mass is 10.3. The number of esters is 1. The zero-order valence-corrected chi connectivity index (χ0v) is 18.0. The zero-order valence-electron chi connectivity index (χ0n) is 14.8. The molecule has 1 aromatic heterocycles. The van der Waals surface area contributed by atoms with Crippen LogP contribution in [0.15, 0.2) is 45.1 Å². The summed E-state index contributed by atoms with van der Waals surface area (Å²) in [6.45, 7) is 3.75. The number of carbonyl (C=O) groups is 2. The van der Waals surface area contributed by atoms with Gasteiger partial charge in [0.1, 0.15) is 4.88 Å². The summed E-state index contributed by atoms with van der Waals surface area (Å²) in [4.78, 5) is 24.3. The quantitative estimate of drug-likeness (QED) is 0.592. The van der Waals surface area contributed by atoms with Gasteiger partial charge in [-0.2, -0.15) is 4.31 Å². The summed E-state index contributed by atoms with van der Waals surface area (Å²) in [6, 6.07) is 9.26. The number of ether oxygens (including phenoxy) is 1. The van der Waals surface area contributed by atoms with E-state index in [4.69, 9.17) is 4.74 Å². The monoisotopic (exact) mass is 474 g/mol. The van der Waals surface area contributed by atoms with Gasteiger partial charge in [-0.15, -0.1) is 11.3 Å². The van der Waals surface area contributed by atoms with E-state index in [1.165, 1.54) is 27.8 Å². The normalized spacial score (nSPS) is 11.4. The minimum Gasteiger partial charge on any atom is -0.451 e. The third kappa shape index (κ3) is 5.61. The fourth-order valence-electron chi connectivity index (χ4n) is 2.27. The van der Waals surface area contributed by atoms with E-state index < -0.39 is 28.5 Å². The third-order valence-corrected chi connectivity index (χ3v) is 7.22.